The summed E-state index contributed by atoms with van der Waals surface area (Å²) in [5, 5.41) is 13.9. The number of hydrogen-bond acceptors (Lipinski definition) is 5. The lowest BCUT2D eigenvalue weighted by Gasteiger charge is -2.25. The molecular weight excluding hydrogens is 816 g/mol. The van der Waals surface area contributed by atoms with Crippen molar-refractivity contribution in [2.24, 2.45) is 0 Å². The van der Waals surface area contributed by atoms with Crippen LogP contribution in [0.2, 0.25) is 0 Å². The molecule has 9 heteroatoms. The lowest BCUT2D eigenvalue weighted by molar-refractivity contribution is -0.870. The van der Waals surface area contributed by atoms with Gasteiger partial charge in [-0.2, -0.15) is 0 Å². The lowest BCUT2D eigenvalue weighted by atomic mass is 10.0. The summed E-state index contributed by atoms with van der Waals surface area (Å²) in [5.74, 6) is -0.181. The molecular formula is C55H110N2O6P+. The predicted octanol–water partition coefficient (Wildman–Crippen LogP) is 16.4. The van der Waals surface area contributed by atoms with Crippen LogP contribution in [0.15, 0.2) is 24.3 Å². The van der Waals surface area contributed by atoms with Crippen molar-refractivity contribution >= 4 is 13.7 Å². The van der Waals surface area contributed by atoms with E-state index in [1.807, 2.05) is 27.2 Å². The number of aliphatic hydroxyl groups is 1. The van der Waals surface area contributed by atoms with E-state index in [2.05, 4.69) is 31.3 Å². The van der Waals surface area contributed by atoms with E-state index in [1.54, 1.807) is 6.08 Å². The van der Waals surface area contributed by atoms with E-state index in [9.17, 15) is 19.4 Å². The van der Waals surface area contributed by atoms with Gasteiger partial charge in [-0.3, -0.25) is 13.8 Å². The Morgan fingerprint density at radius 2 is 0.859 bits per heavy atom. The average Bonchev–Trinajstić information content (AvgIpc) is 3.25. The molecule has 3 N–H and O–H groups in total. The Morgan fingerprint density at radius 1 is 0.516 bits per heavy atom. The Bertz CT molecular complexity index is 1090. The van der Waals surface area contributed by atoms with E-state index in [4.69, 9.17) is 9.05 Å². The molecule has 0 bridgehead atoms. The number of allylic oxidation sites excluding steroid dienone is 3. The maximum absolute atomic E-state index is 12.9. The van der Waals surface area contributed by atoms with Gasteiger partial charge < -0.3 is 19.8 Å². The summed E-state index contributed by atoms with van der Waals surface area (Å²) >= 11 is 0. The summed E-state index contributed by atoms with van der Waals surface area (Å²) in [4.78, 5) is 23.3. The van der Waals surface area contributed by atoms with Gasteiger partial charge in [-0.1, -0.05) is 256 Å². The Labute approximate surface area is 398 Å². The maximum atomic E-state index is 12.9. The fourth-order valence-corrected chi connectivity index (χ4v) is 9.03. The number of hydrogen-bond donors (Lipinski definition) is 3. The molecule has 0 aromatic heterocycles. The first-order valence-corrected chi connectivity index (χ1v) is 29.2. The zero-order chi connectivity index (χ0) is 47.1. The molecule has 0 radical (unpaired) electrons. The van der Waals surface area contributed by atoms with Gasteiger partial charge in [0, 0.05) is 6.42 Å². The van der Waals surface area contributed by atoms with Crippen molar-refractivity contribution in [3.63, 3.8) is 0 Å². The molecule has 0 aliphatic carbocycles. The first-order valence-electron chi connectivity index (χ1n) is 27.7. The number of phosphoric ester groups is 1. The topological polar surface area (TPSA) is 105 Å². The third kappa shape index (κ3) is 48.9. The fourth-order valence-electron chi connectivity index (χ4n) is 8.30. The number of unbranched alkanes of at least 4 members (excludes halogenated alkanes) is 36. The van der Waals surface area contributed by atoms with Gasteiger partial charge in [-0.05, 0) is 32.1 Å². The number of nitrogens with one attached hydrogen (secondary N) is 1. The van der Waals surface area contributed by atoms with E-state index in [-0.39, 0.29) is 19.1 Å². The Morgan fingerprint density at radius 3 is 1.25 bits per heavy atom. The molecule has 0 aliphatic rings. The minimum absolute atomic E-state index is 0.0587. The summed E-state index contributed by atoms with van der Waals surface area (Å²) in [6, 6.07) is -0.859. The Balaban J connectivity index is 4.27. The largest absolute Gasteiger partial charge is 0.472 e. The number of aliphatic hydroxyl groups excluding tert-OH is 1. The highest BCUT2D eigenvalue weighted by Crippen LogP contribution is 2.43. The van der Waals surface area contributed by atoms with Crippen LogP contribution in [0.1, 0.15) is 271 Å². The van der Waals surface area contributed by atoms with Gasteiger partial charge in [0.25, 0.3) is 0 Å². The van der Waals surface area contributed by atoms with E-state index in [0.717, 1.165) is 38.5 Å². The highest BCUT2D eigenvalue weighted by atomic mass is 31.2. The quantitative estimate of drug-likeness (QED) is 0.0243. The van der Waals surface area contributed by atoms with Crippen molar-refractivity contribution < 1.29 is 32.9 Å². The molecule has 0 aliphatic heterocycles. The molecule has 3 atom stereocenters. The van der Waals surface area contributed by atoms with E-state index >= 15 is 0 Å². The summed E-state index contributed by atoms with van der Waals surface area (Å²) in [7, 11) is 1.57. The molecule has 0 saturated carbocycles. The SMILES string of the molecule is CCCCCCCCCCCCCCCCCCC/C=C/CC/C=C/C(O)C(COP(=O)(O)OCC[N+](C)(C)C)NC(=O)CCCCCCCCCCCCCCCCCCCCC. The number of likely N-dealkylation sites (N-methyl/N-ethyl adjacent to an activating group) is 1. The summed E-state index contributed by atoms with van der Waals surface area (Å²) < 4.78 is 23.7. The average molecular weight is 926 g/mol. The van der Waals surface area contributed by atoms with E-state index in [0.29, 0.717) is 17.4 Å². The van der Waals surface area contributed by atoms with Crippen LogP contribution in [0.5, 0.6) is 0 Å². The van der Waals surface area contributed by atoms with Crippen molar-refractivity contribution in [1.82, 2.24) is 5.32 Å². The van der Waals surface area contributed by atoms with E-state index < -0.39 is 20.0 Å². The molecule has 0 heterocycles. The van der Waals surface area contributed by atoms with Crippen molar-refractivity contribution in [1.29, 1.82) is 0 Å². The third-order valence-corrected chi connectivity index (χ3v) is 13.7. The number of phosphoric acid groups is 1. The highest BCUT2D eigenvalue weighted by molar-refractivity contribution is 7.47. The van der Waals surface area contributed by atoms with Crippen LogP contribution in [-0.2, 0) is 18.4 Å². The Kier molecular flexibility index (Phi) is 46.3. The van der Waals surface area contributed by atoms with Crippen molar-refractivity contribution in [2.45, 2.75) is 283 Å². The first kappa shape index (κ1) is 63.0. The fraction of sp³-hybridized carbons (Fsp3) is 0.909. The number of amides is 1. The summed E-state index contributed by atoms with van der Waals surface area (Å²) in [6.07, 6.45) is 58.4. The first-order chi connectivity index (χ1) is 31.0. The number of rotatable bonds is 51. The number of carbonyl (C=O) groups is 1. The van der Waals surface area contributed by atoms with Crippen LogP contribution in [0.4, 0.5) is 0 Å². The second-order valence-electron chi connectivity index (χ2n) is 20.3. The molecule has 0 aromatic carbocycles. The van der Waals surface area contributed by atoms with Crippen molar-refractivity contribution in [3.8, 4) is 0 Å². The van der Waals surface area contributed by atoms with Crippen LogP contribution in [0.3, 0.4) is 0 Å². The van der Waals surface area contributed by atoms with Gasteiger partial charge in [0.2, 0.25) is 5.91 Å². The zero-order valence-corrected chi connectivity index (χ0v) is 44.2. The van der Waals surface area contributed by atoms with Crippen molar-refractivity contribution in [2.75, 3.05) is 40.9 Å². The molecule has 0 saturated heterocycles. The normalized spacial score (nSPS) is 14.2. The zero-order valence-electron chi connectivity index (χ0n) is 43.3. The number of quaternary nitrogens is 1. The van der Waals surface area contributed by atoms with Crippen molar-refractivity contribution in [3.05, 3.63) is 24.3 Å². The standard InChI is InChI=1S/C55H109N2O6P/c1-6-8-10-12-14-16-18-20-22-24-26-27-28-29-31-32-34-36-38-40-42-44-46-48-54(58)53(52-63-64(60,61)62-51-50-57(3,4)5)56-55(59)49-47-45-43-41-39-37-35-33-30-25-23-21-19-17-15-13-11-9-7-2/h38,40,46,48,53-54,58H,6-37,39,41-45,47,49-52H2,1-5H3,(H-,56,59,60,61)/p+1/b40-38+,48-46+. The van der Waals surface area contributed by atoms with Gasteiger partial charge in [0.15, 0.2) is 0 Å². The second kappa shape index (κ2) is 47.1. The highest BCUT2D eigenvalue weighted by Gasteiger charge is 2.27. The smallest absolute Gasteiger partial charge is 0.387 e. The van der Waals surface area contributed by atoms with Crippen LogP contribution >= 0.6 is 7.82 Å². The summed E-state index contributed by atoms with van der Waals surface area (Å²) in [5.41, 5.74) is 0. The molecule has 0 aromatic rings. The van der Waals surface area contributed by atoms with Gasteiger partial charge in [-0.25, -0.2) is 4.57 Å². The monoisotopic (exact) mass is 926 g/mol. The number of nitrogens with zero attached hydrogens (tertiary/aromatic N) is 1. The lowest BCUT2D eigenvalue weighted by Crippen LogP contribution is -2.45. The third-order valence-electron chi connectivity index (χ3n) is 12.7. The number of carbonyl (C=O) groups excluding carboxylic acids is 1. The Hall–Kier alpha value is -1.02. The minimum Gasteiger partial charge on any atom is -0.387 e. The molecule has 64 heavy (non-hydrogen) atoms. The minimum atomic E-state index is -4.35. The van der Waals surface area contributed by atoms with Gasteiger partial charge in [0.1, 0.15) is 13.2 Å². The molecule has 1 amide bonds. The van der Waals surface area contributed by atoms with Crippen LogP contribution in [0, 0.1) is 0 Å². The molecule has 3 unspecified atom stereocenters. The molecule has 8 nitrogen and oxygen atoms in total. The molecule has 0 fully saturated rings. The molecule has 0 spiro atoms. The van der Waals surface area contributed by atoms with Crippen LogP contribution in [0.25, 0.3) is 0 Å². The molecule has 380 valence electrons. The molecule has 0 rings (SSSR count). The van der Waals surface area contributed by atoms with Gasteiger partial charge in [-0.15, -0.1) is 0 Å². The second-order valence-corrected chi connectivity index (χ2v) is 21.8. The maximum Gasteiger partial charge on any atom is 0.472 e. The summed E-state index contributed by atoms with van der Waals surface area (Å²) in [6.45, 7) is 4.84. The van der Waals surface area contributed by atoms with Crippen LogP contribution in [-0.4, -0.2) is 73.4 Å². The van der Waals surface area contributed by atoms with E-state index in [1.165, 1.54) is 212 Å². The van der Waals surface area contributed by atoms with Gasteiger partial charge >= 0.3 is 7.82 Å². The van der Waals surface area contributed by atoms with Gasteiger partial charge in [0.05, 0.1) is 39.9 Å². The predicted molar refractivity (Wildman–Crippen MR) is 277 cm³/mol. The van der Waals surface area contributed by atoms with Crippen LogP contribution < -0.4 is 5.32 Å².